The Morgan fingerprint density at radius 2 is 2.00 bits per heavy atom. The highest BCUT2D eigenvalue weighted by Crippen LogP contribution is 2.24. The zero-order valence-corrected chi connectivity index (χ0v) is 8.57. The van der Waals surface area contributed by atoms with E-state index in [0.29, 0.717) is 5.39 Å². The minimum atomic E-state index is -1.17. The zero-order chi connectivity index (χ0) is 11.0. The highest BCUT2D eigenvalue weighted by molar-refractivity contribution is 6.03. The number of nitrogens with zero attached hydrogens (tertiary/aromatic N) is 1. The normalized spacial score (nSPS) is 9.24. The largest absolute Gasteiger partial charge is 0.478 e. The number of nitrogens with two attached hydrogens (primary N) is 1. The zero-order valence-electron chi connectivity index (χ0n) is 8.57. The number of nitrogen functional groups attached to an aromatic ring is 1. The van der Waals surface area contributed by atoms with Crippen LogP contribution in [0.25, 0.3) is 10.9 Å². The molecule has 0 saturated carbocycles. The third-order valence-corrected chi connectivity index (χ3v) is 2.12. The van der Waals surface area contributed by atoms with Crippen molar-refractivity contribution in [2.45, 2.75) is 0 Å². The topological polar surface area (TPSA) is 139 Å². The lowest BCUT2D eigenvalue weighted by molar-refractivity contribution is 0.0698. The number of carbonyl (C=O) groups is 1. The molecule has 0 aliphatic carbocycles. The van der Waals surface area contributed by atoms with Gasteiger partial charge in [0.15, 0.2) is 0 Å². The SMILES string of the molecule is Nc1c(C(=O)O)cnc2c(F)cccc12.O.O. The number of para-hydroxylation sites is 1. The Hall–Kier alpha value is -2.25. The molecule has 1 aromatic carbocycles. The first-order valence-electron chi connectivity index (χ1n) is 4.17. The van der Waals surface area contributed by atoms with E-state index in [1.165, 1.54) is 18.2 Å². The second-order valence-corrected chi connectivity index (χ2v) is 3.03. The lowest BCUT2D eigenvalue weighted by atomic mass is 10.1. The molecule has 0 saturated heterocycles. The standard InChI is InChI=1S/C10H7FN2O2.2H2O/c11-7-3-1-2-5-8(12)6(10(14)15)4-13-9(5)7;;/h1-4H,(H2,12,13)(H,14,15);2*1H2. The van der Waals surface area contributed by atoms with Crippen LogP contribution < -0.4 is 5.73 Å². The number of pyridine rings is 1. The van der Waals surface area contributed by atoms with E-state index in [1.54, 1.807) is 0 Å². The number of anilines is 1. The van der Waals surface area contributed by atoms with Crippen molar-refractivity contribution >= 4 is 22.6 Å². The van der Waals surface area contributed by atoms with Crippen molar-refractivity contribution < 1.29 is 25.2 Å². The van der Waals surface area contributed by atoms with Crippen LogP contribution in [-0.2, 0) is 0 Å². The second-order valence-electron chi connectivity index (χ2n) is 3.03. The minimum absolute atomic E-state index is 0. The van der Waals surface area contributed by atoms with Gasteiger partial charge in [-0.1, -0.05) is 12.1 Å². The van der Waals surface area contributed by atoms with Crippen molar-refractivity contribution in [2.24, 2.45) is 0 Å². The highest BCUT2D eigenvalue weighted by Gasteiger charge is 2.13. The summed E-state index contributed by atoms with van der Waals surface area (Å²) in [4.78, 5) is 14.5. The van der Waals surface area contributed by atoms with E-state index in [0.717, 1.165) is 6.20 Å². The molecule has 2 rings (SSSR count). The van der Waals surface area contributed by atoms with Gasteiger partial charge < -0.3 is 21.8 Å². The van der Waals surface area contributed by atoms with E-state index in [-0.39, 0.29) is 27.7 Å². The fourth-order valence-electron chi connectivity index (χ4n) is 1.38. The number of fused-ring (bicyclic) bond motifs is 1. The van der Waals surface area contributed by atoms with Crippen LogP contribution in [0.2, 0.25) is 0 Å². The molecule has 2 aromatic rings. The van der Waals surface area contributed by atoms with Crippen molar-refractivity contribution in [3.63, 3.8) is 0 Å². The predicted molar refractivity (Wildman–Crippen MR) is 60.3 cm³/mol. The number of hydrogen-bond donors (Lipinski definition) is 2. The van der Waals surface area contributed by atoms with Gasteiger partial charge in [-0.25, -0.2) is 9.18 Å². The Kier molecular flexibility index (Phi) is 4.50. The second kappa shape index (κ2) is 5.19. The van der Waals surface area contributed by atoms with E-state index in [1.807, 2.05) is 0 Å². The van der Waals surface area contributed by atoms with Gasteiger partial charge in [0, 0.05) is 11.6 Å². The maximum Gasteiger partial charge on any atom is 0.339 e. The number of halogens is 1. The summed E-state index contributed by atoms with van der Waals surface area (Å²) in [6.07, 6.45) is 1.06. The van der Waals surface area contributed by atoms with Crippen LogP contribution in [0.5, 0.6) is 0 Å². The Morgan fingerprint density at radius 1 is 1.35 bits per heavy atom. The Bertz CT molecular complexity index is 559. The summed E-state index contributed by atoms with van der Waals surface area (Å²) in [5, 5.41) is 9.10. The van der Waals surface area contributed by atoms with Crippen molar-refractivity contribution in [3.05, 3.63) is 35.8 Å². The van der Waals surface area contributed by atoms with Crippen LogP contribution in [0.3, 0.4) is 0 Å². The summed E-state index contributed by atoms with van der Waals surface area (Å²) in [6, 6.07) is 4.24. The summed E-state index contributed by atoms with van der Waals surface area (Å²) >= 11 is 0. The van der Waals surface area contributed by atoms with Crippen molar-refractivity contribution in [2.75, 3.05) is 5.73 Å². The van der Waals surface area contributed by atoms with Crippen LogP contribution in [0.4, 0.5) is 10.1 Å². The van der Waals surface area contributed by atoms with Crippen LogP contribution in [0.1, 0.15) is 10.4 Å². The molecule has 0 bridgehead atoms. The molecule has 17 heavy (non-hydrogen) atoms. The number of hydrogen-bond acceptors (Lipinski definition) is 3. The van der Waals surface area contributed by atoms with Gasteiger partial charge in [-0.3, -0.25) is 4.98 Å². The molecule has 0 unspecified atom stereocenters. The van der Waals surface area contributed by atoms with Crippen LogP contribution in [0.15, 0.2) is 24.4 Å². The quantitative estimate of drug-likeness (QED) is 0.726. The summed E-state index contributed by atoms with van der Waals surface area (Å²) in [6.45, 7) is 0. The molecule has 92 valence electrons. The van der Waals surface area contributed by atoms with Crippen molar-refractivity contribution in [1.29, 1.82) is 0 Å². The summed E-state index contributed by atoms with van der Waals surface area (Å²) in [7, 11) is 0. The maximum absolute atomic E-state index is 13.2. The minimum Gasteiger partial charge on any atom is -0.478 e. The van der Waals surface area contributed by atoms with E-state index >= 15 is 0 Å². The molecule has 0 spiro atoms. The number of rotatable bonds is 1. The van der Waals surface area contributed by atoms with E-state index in [4.69, 9.17) is 10.8 Å². The number of aromatic nitrogens is 1. The van der Waals surface area contributed by atoms with Crippen molar-refractivity contribution in [1.82, 2.24) is 4.98 Å². The number of carboxylic acids is 1. The molecule has 0 fully saturated rings. The third-order valence-electron chi connectivity index (χ3n) is 2.12. The smallest absolute Gasteiger partial charge is 0.339 e. The lowest BCUT2D eigenvalue weighted by Gasteiger charge is -2.04. The monoisotopic (exact) mass is 242 g/mol. The third kappa shape index (κ3) is 2.30. The first-order chi connectivity index (χ1) is 7.11. The molecule has 0 aliphatic heterocycles. The molecule has 0 aliphatic rings. The first kappa shape index (κ1) is 14.8. The van der Waals surface area contributed by atoms with E-state index < -0.39 is 11.8 Å². The molecule has 0 radical (unpaired) electrons. The van der Waals surface area contributed by atoms with E-state index in [9.17, 15) is 9.18 Å². The van der Waals surface area contributed by atoms with Gasteiger partial charge in [-0.05, 0) is 6.07 Å². The average Bonchev–Trinajstić information content (AvgIpc) is 2.19. The molecule has 7 heteroatoms. The molecule has 6 nitrogen and oxygen atoms in total. The fraction of sp³-hybridized carbons (Fsp3) is 0. The van der Waals surface area contributed by atoms with Crippen LogP contribution in [0, 0.1) is 5.82 Å². The number of carboxylic acid groups (broad SMARTS) is 1. The highest BCUT2D eigenvalue weighted by atomic mass is 19.1. The Labute approximate surface area is 95.1 Å². The summed E-state index contributed by atoms with van der Waals surface area (Å²) in [5.74, 6) is -1.69. The van der Waals surface area contributed by atoms with Crippen LogP contribution >= 0.6 is 0 Å². The van der Waals surface area contributed by atoms with Gasteiger partial charge in [0.25, 0.3) is 0 Å². The van der Waals surface area contributed by atoms with Gasteiger partial charge in [0.1, 0.15) is 16.9 Å². The average molecular weight is 242 g/mol. The first-order valence-corrected chi connectivity index (χ1v) is 4.17. The van der Waals surface area contributed by atoms with Gasteiger partial charge in [0.05, 0.1) is 5.69 Å². The molecular weight excluding hydrogens is 231 g/mol. The molecular formula is C10H11FN2O4. The Balaban J connectivity index is 0.00000128. The molecule has 7 N–H and O–H groups in total. The van der Waals surface area contributed by atoms with E-state index in [2.05, 4.69) is 4.98 Å². The van der Waals surface area contributed by atoms with Gasteiger partial charge in [-0.2, -0.15) is 0 Å². The molecule has 1 heterocycles. The van der Waals surface area contributed by atoms with Gasteiger partial charge in [-0.15, -0.1) is 0 Å². The van der Waals surface area contributed by atoms with Gasteiger partial charge >= 0.3 is 5.97 Å². The number of aromatic carboxylic acids is 1. The molecule has 1 aromatic heterocycles. The number of benzene rings is 1. The van der Waals surface area contributed by atoms with Gasteiger partial charge in [0.2, 0.25) is 0 Å². The van der Waals surface area contributed by atoms with Crippen molar-refractivity contribution in [3.8, 4) is 0 Å². The fourth-order valence-corrected chi connectivity index (χ4v) is 1.38. The summed E-state index contributed by atoms with van der Waals surface area (Å²) < 4.78 is 13.2. The lowest BCUT2D eigenvalue weighted by Crippen LogP contribution is -2.04. The Morgan fingerprint density at radius 3 is 2.59 bits per heavy atom. The molecule has 0 atom stereocenters. The summed E-state index contributed by atoms with van der Waals surface area (Å²) in [5.41, 5.74) is 5.60. The molecule has 0 amide bonds. The van der Waals surface area contributed by atoms with Crippen LogP contribution in [-0.4, -0.2) is 27.0 Å². The predicted octanol–water partition coefficient (Wildman–Crippen LogP) is 0.00490. The maximum atomic E-state index is 13.2.